The zero-order valence-corrected chi connectivity index (χ0v) is 11.8. The van der Waals surface area contributed by atoms with E-state index in [2.05, 4.69) is 41.5 Å². The fourth-order valence-corrected chi connectivity index (χ4v) is 0. The van der Waals surface area contributed by atoms with Crippen molar-refractivity contribution in [2.24, 2.45) is 0 Å². The summed E-state index contributed by atoms with van der Waals surface area (Å²) in [7, 11) is 0. The Labute approximate surface area is 116 Å². The van der Waals surface area contributed by atoms with Crippen molar-refractivity contribution in [3.05, 3.63) is 20.8 Å². The van der Waals surface area contributed by atoms with E-state index in [1.54, 1.807) is 0 Å². The molecule has 0 heterocycles. The second-order valence-corrected chi connectivity index (χ2v) is 2.56. The third-order valence-corrected chi connectivity index (χ3v) is 1.06. The van der Waals surface area contributed by atoms with Crippen LogP contribution < -0.4 is 0 Å². The molecule has 0 unspecified atom stereocenters. The molecule has 2 heteroatoms. The van der Waals surface area contributed by atoms with E-state index < -0.39 is 0 Å². The molecule has 0 fully saturated rings. The zero-order valence-electron chi connectivity index (χ0n) is 10.7. The SMILES string of the molecule is [CH2-]CCC.[CH2-]CCC.[CH2-]CCC.[Fe+3].[Li]. The monoisotopic (exact) mass is 234 g/mol. The van der Waals surface area contributed by atoms with E-state index in [-0.39, 0.29) is 35.9 Å². The summed E-state index contributed by atoms with van der Waals surface area (Å²) in [5.41, 5.74) is 0. The van der Waals surface area contributed by atoms with Crippen molar-refractivity contribution in [3.8, 4) is 0 Å². The Morgan fingerprint density at radius 2 is 0.714 bits per heavy atom. The Balaban J connectivity index is -0.0000000270. The first kappa shape index (κ1) is 29.4. The summed E-state index contributed by atoms with van der Waals surface area (Å²) in [6, 6.07) is 0. The van der Waals surface area contributed by atoms with Crippen molar-refractivity contribution in [1.29, 1.82) is 0 Å². The van der Waals surface area contributed by atoms with E-state index in [1.165, 1.54) is 19.3 Å². The van der Waals surface area contributed by atoms with Gasteiger partial charge in [0.25, 0.3) is 0 Å². The maximum absolute atomic E-state index is 3.60. The summed E-state index contributed by atoms with van der Waals surface area (Å²) < 4.78 is 0. The van der Waals surface area contributed by atoms with Crippen LogP contribution >= 0.6 is 0 Å². The van der Waals surface area contributed by atoms with E-state index in [4.69, 9.17) is 0 Å². The van der Waals surface area contributed by atoms with Crippen LogP contribution in [0.4, 0.5) is 0 Å². The van der Waals surface area contributed by atoms with Gasteiger partial charge in [-0.3, -0.25) is 0 Å². The largest absolute Gasteiger partial charge is 3.00 e. The number of unbranched alkanes of at least 4 members (excludes halogenated alkanes) is 3. The Bertz CT molecular complexity index is 25.8. The van der Waals surface area contributed by atoms with Crippen molar-refractivity contribution in [1.82, 2.24) is 0 Å². The van der Waals surface area contributed by atoms with Gasteiger partial charge < -0.3 is 20.8 Å². The van der Waals surface area contributed by atoms with E-state index in [0.717, 1.165) is 19.3 Å². The molecule has 84 valence electrons. The van der Waals surface area contributed by atoms with Gasteiger partial charge >= 0.3 is 17.1 Å². The van der Waals surface area contributed by atoms with Gasteiger partial charge in [-0.1, -0.05) is 40.0 Å². The van der Waals surface area contributed by atoms with Crippen LogP contribution in [0.2, 0.25) is 0 Å². The van der Waals surface area contributed by atoms with Gasteiger partial charge in [0.2, 0.25) is 0 Å². The summed E-state index contributed by atoms with van der Waals surface area (Å²) in [4.78, 5) is 0. The minimum Gasteiger partial charge on any atom is -0.343 e. The third kappa shape index (κ3) is 114. The first-order valence-electron chi connectivity index (χ1n) is 5.12. The summed E-state index contributed by atoms with van der Waals surface area (Å²) in [5, 5.41) is 0. The van der Waals surface area contributed by atoms with Crippen LogP contribution in [-0.2, 0) is 17.1 Å². The molecule has 2 radical (unpaired) electrons. The van der Waals surface area contributed by atoms with E-state index in [0.29, 0.717) is 0 Å². The Kier molecular flexibility index (Phi) is 101. The van der Waals surface area contributed by atoms with Crippen LogP contribution in [0.5, 0.6) is 0 Å². The Hall–Kier alpha value is 1.12. The molecule has 0 nitrogen and oxygen atoms in total. The topological polar surface area (TPSA) is 0 Å². The van der Waals surface area contributed by atoms with Crippen molar-refractivity contribution >= 4 is 18.9 Å². The predicted molar refractivity (Wildman–Crippen MR) is 66.5 cm³/mol. The van der Waals surface area contributed by atoms with Gasteiger partial charge in [0.1, 0.15) is 0 Å². The molecular weight excluding hydrogens is 207 g/mol. The molecule has 0 aromatic carbocycles. The van der Waals surface area contributed by atoms with Gasteiger partial charge in [0.05, 0.1) is 0 Å². The summed E-state index contributed by atoms with van der Waals surface area (Å²) in [6.07, 6.45) is 6.83. The van der Waals surface area contributed by atoms with Gasteiger partial charge in [-0.05, 0) is 0 Å². The Morgan fingerprint density at radius 3 is 0.714 bits per heavy atom. The minimum atomic E-state index is 0. The van der Waals surface area contributed by atoms with Crippen LogP contribution in [-0.4, -0.2) is 18.9 Å². The summed E-state index contributed by atoms with van der Waals surface area (Å²) >= 11 is 0. The molecule has 0 aliphatic carbocycles. The van der Waals surface area contributed by atoms with Crippen molar-refractivity contribution in [2.75, 3.05) is 0 Å². The second-order valence-electron chi connectivity index (χ2n) is 2.56. The van der Waals surface area contributed by atoms with E-state index >= 15 is 0 Å². The first-order valence-corrected chi connectivity index (χ1v) is 5.12. The molecule has 0 amide bonds. The summed E-state index contributed by atoms with van der Waals surface area (Å²) in [5.74, 6) is 0. The molecule has 14 heavy (non-hydrogen) atoms. The van der Waals surface area contributed by atoms with Gasteiger partial charge in [0, 0.05) is 18.9 Å². The molecule has 0 bridgehead atoms. The standard InChI is InChI=1S/3C4H9.Fe.Li/c3*1-3-4-2;;/h3*1,3-4H2,2H3;;/q3*-1;+3;. The van der Waals surface area contributed by atoms with Crippen molar-refractivity contribution in [3.63, 3.8) is 0 Å². The molecule has 0 aliphatic heterocycles. The van der Waals surface area contributed by atoms with Crippen molar-refractivity contribution < 1.29 is 17.1 Å². The van der Waals surface area contributed by atoms with Crippen LogP contribution in [0.15, 0.2) is 0 Å². The predicted octanol–water partition coefficient (Wildman–Crippen LogP) is 4.48. The molecule has 0 spiro atoms. The maximum atomic E-state index is 3.60. The van der Waals surface area contributed by atoms with Gasteiger partial charge in [0.15, 0.2) is 0 Å². The third-order valence-electron chi connectivity index (χ3n) is 1.06. The van der Waals surface area contributed by atoms with Crippen molar-refractivity contribution in [2.45, 2.75) is 59.3 Å². The van der Waals surface area contributed by atoms with Crippen LogP contribution in [0.3, 0.4) is 0 Å². The maximum Gasteiger partial charge on any atom is 3.00 e. The quantitative estimate of drug-likeness (QED) is 0.499. The molecule has 0 N–H and O–H groups in total. The molecule has 0 aromatic rings. The average Bonchev–Trinajstić information content (AvgIpc) is 2.18. The fraction of sp³-hybridized carbons (Fsp3) is 0.750. The second kappa shape index (κ2) is 48.0. The van der Waals surface area contributed by atoms with Crippen LogP contribution in [0.25, 0.3) is 0 Å². The number of hydrogen-bond acceptors (Lipinski definition) is 0. The van der Waals surface area contributed by atoms with Gasteiger partial charge in [-0.25, -0.2) is 0 Å². The van der Waals surface area contributed by atoms with E-state index in [1.807, 2.05) is 0 Å². The summed E-state index contributed by atoms with van der Waals surface area (Å²) in [6.45, 7) is 17.2. The molecule has 0 aromatic heterocycles. The average molecular weight is 234 g/mol. The minimum absolute atomic E-state index is 0. The molecule has 0 aliphatic rings. The molecular formula is C12H27FeLi. The zero-order chi connectivity index (χ0) is 10.2. The molecule has 0 saturated heterocycles. The first-order chi connectivity index (χ1) is 5.74. The molecule has 0 atom stereocenters. The van der Waals surface area contributed by atoms with Crippen LogP contribution in [0.1, 0.15) is 59.3 Å². The van der Waals surface area contributed by atoms with Gasteiger partial charge in [-0.2, -0.15) is 19.3 Å². The molecule has 0 saturated carbocycles. The smallest absolute Gasteiger partial charge is 0.343 e. The fourth-order valence-electron chi connectivity index (χ4n) is 0. The van der Waals surface area contributed by atoms with E-state index in [9.17, 15) is 0 Å². The van der Waals surface area contributed by atoms with Crippen LogP contribution in [0, 0.1) is 20.8 Å². The van der Waals surface area contributed by atoms with Gasteiger partial charge in [-0.15, -0.1) is 0 Å². The molecule has 0 rings (SSSR count). The Morgan fingerprint density at radius 1 is 0.643 bits per heavy atom. The number of rotatable bonds is 3. The number of hydrogen-bond donors (Lipinski definition) is 0. The normalized spacial score (nSPS) is 6.43.